The van der Waals surface area contributed by atoms with Gasteiger partial charge in [-0.2, -0.15) is 0 Å². The highest BCUT2D eigenvalue weighted by atomic mass is 16.8. The Bertz CT molecular complexity index is 472. The van der Waals surface area contributed by atoms with Crippen molar-refractivity contribution in [3.63, 3.8) is 0 Å². The number of esters is 1. The highest BCUT2D eigenvalue weighted by molar-refractivity contribution is 5.74. The molecule has 0 radical (unpaired) electrons. The van der Waals surface area contributed by atoms with Crippen LogP contribution in [-0.4, -0.2) is 24.4 Å². The van der Waals surface area contributed by atoms with Gasteiger partial charge in [-0.25, -0.2) is 0 Å². The van der Waals surface area contributed by atoms with Gasteiger partial charge >= 0.3 is 12.4 Å². The lowest BCUT2D eigenvalue weighted by Gasteiger charge is -2.03. The molecule has 0 saturated heterocycles. The molecule has 0 aliphatic carbocycles. The van der Waals surface area contributed by atoms with Crippen molar-refractivity contribution >= 4 is 5.97 Å². The summed E-state index contributed by atoms with van der Waals surface area (Å²) in [6.07, 6.45) is -1.57. The summed E-state index contributed by atoms with van der Waals surface area (Å²) in [4.78, 5) is 21.0. The predicted octanol–water partition coefficient (Wildman–Crippen LogP) is 0.734. The molecule has 0 bridgehead atoms. The third-order valence-corrected chi connectivity index (χ3v) is 2.24. The summed E-state index contributed by atoms with van der Waals surface area (Å²) in [5, 5.41) is 10.5. The fourth-order valence-corrected chi connectivity index (χ4v) is 1.47. The predicted molar refractivity (Wildman–Crippen MR) is 54.2 cm³/mol. The molecule has 0 saturated carbocycles. The van der Waals surface area contributed by atoms with Crippen LogP contribution in [-0.2, 0) is 16.0 Å². The van der Waals surface area contributed by atoms with Crippen molar-refractivity contribution < 1.29 is 23.9 Å². The van der Waals surface area contributed by atoms with Crippen LogP contribution in [0.15, 0.2) is 18.2 Å². The smallest absolute Gasteiger partial charge is 0.469 e. The monoisotopic (exact) mass is 239 g/mol. The van der Waals surface area contributed by atoms with Crippen LogP contribution < -0.4 is 9.47 Å². The molecular formula is C10H9NO6. The molecule has 7 nitrogen and oxygen atoms in total. The van der Waals surface area contributed by atoms with E-state index in [1.807, 2.05) is 0 Å². The van der Waals surface area contributed by atoms with E-state index in [9.17, 15) is 14.9 Å². The first-order chi connectivity index (χ1) is 8.11. The Balaban J connectivity index is 2.25. The number of fused-ring (bicyclic) bond motifs is 1. The molecule has 2 rings (SSSR count). The van der Waals surface area contributed by atoms with E-state index in [1.165, 1.54) is 7.11 Å². The van der Waals surface area contributed by atoms with Gasteiger partial charge in [-0.15, -0.1) is 0 Å². The van der Waals surface area contributed by atoms with Crippen molar-refractivity contribution in [3.05, 3.63) is 33.9 Å². The number of benzene rings is 1. The molecule has 7 heteroatoms. The van der Waals surface area contributed by atoms with Crippen LogP contribution >= 0.6 is 0 Å². The first-order valence-electron chi connectivity index (χ1n) is 4.77. The lowest BCUT2D eigenvalue weighted by Crippen LogP contribution is -2.27. The van der Waals surface area contributed by atoms with Gasteiger partial charge in [0.2, 0.25) is 0 Å². The van der Waals surface area contributed by atoms with Crippen molar-refractivity contribution in [2.75, 3.05) is 7.11 Å². The number of ether oxygens (including phenoxy) is 3. The second kappa shape index (κ2) is 4.28. The van der Waals surface area contributed by atoms with E-state index in [4.69, 9.17) is 9.47 Å². The van der Waals surface area contributed by atoms with Crippen molar-refractivity contribution in [1.29, 1.82) is 0 Å². The van der Waals surface area contributed by atoms with Crippen LogP contribution in [0.2, 0.25) is 0 Å². The number of nitrogens with zero attached hydrogens (tertiary/aromatic N) is 1. The highest BCUT2D eigenvalue weighted by Gasteiger charge is 2.35. The molecule has 0 amide bonds. The largest absolute Gasteiger partial charge is 0.517 e. The molecule has 1 atom stereocenters. The number of hydrogen-bond donors (Lipinski definition) is 0. The van der Waals surface area contributed by atoms with E-state index in [-0.39, 0.29) is 17.9 Å². The average molecular weight is 239 g/mol. The van der Waals surface area contributed by atoms with Gasteiger partial charge in [0.15, 0.2) is 11.5 Å². The maximum atomic E-state index is 11.1. The number of nitro groups is 1. The quantitative estimate of drug-likeness (QED) is 0.439. The van der Waals surface area contributed by atoms with Gasteiger partial charge in [0.1, 0.15) is 4.92 Å². The Labute approximate surface area is 96.0 Å². The third kappa shape index (κ3) is 2.12. The minimum absolute atomic E-state index is 0.0204. The van der Waals surface area contributed by atoms with Crippen LogP contribution in [0.4, 0.5) is 0 Å². The summed E-state index contributed by atoms with van der Waals surface area (Å²) >= 11 is 0. The molecule has 1 aliphatic heterocycles. The molecule has 1 unspecified atom stereocenters. The van der Waals surface area contributed by atoms with Crippen LogP contribution in [0, 0.1) is 10.1 Å². The Morgan fingerprint density at radius 2 is 2.29 bits per heavy atom. The van der Waals surface area contributed by atoms with E-state index in [2.05, 4.69) is 4.74 Å². The Kier molecular flexibility index (Phi) is 2.82. The van der Waals surface area contributed by atoms with Crippen molar-refractivity contribution in [2.24, 2.45) is 0 Å². The van der Waals surface area contributed by atoms with Crippen LogP contribution in [0.1, 0.15) is 5.56 Å². The number of hydrogen-bond acceptors (Lipinski definition) is 6. The lowest BCUT2D eigenvalue weighted by molar-refractivity contribution is -0.600. The third-order valence-electron chi connectivity index (χ3n) is 2.24. The minimum Gasteiger partial charge on any atom is -0.469 e. The molecule has 17 heavy (non-hydrogen) atoms. The van der Waals surface area contributed by atoms with Crippen molar-refractivity contribution in [3.8, 4) is 11.5 Å². The first-order valence-corrected chi connectivity index (χ1v) is 4.77. The molecule has 1 heterocycles. The number of rotatable bonds is 3. The maximum Gasteiger partial charge on any atom is 0.517 e. The van der Waals surface area contributed by atoms with E-state index >= 15 is 0 Å². The SMILES string of the molecule is COC(=O)Cc1cccc2c1OC([N+](=O)[O-])O2. The standard InChI is InChI=1S/C10H9NO6/c1-15-8(12)5-6-3-2-4-7-9(6)17-10(16-7)11(13)14/h2-4,10H,5H2,1H3. The van der Waals surface area contributed by atoms with E-state index in [1.54, 1.807) is 18.2 Å². The number of para-hydroxylation sites is 1. The van der Waals surface area contributed by atoms with E-state index < -0.39 is 17.3 Å². The van der Waals surface area contributed by atoms with E-state index in [0.717, 1.165) is 0 Å². The molecule has 0 spiro atoms. The van der Waals surface area contributed by atoms with Gasteiger partial charge in [-0.3, -0.25) is 14.9 Å². The van der Waals surface area contributed by atoms with Gasteiger partial charge in [-0.05, 0) is 6.07 Å². The minimum atomic E-state index is -1.55. The lowest BCUT2D eigenvalue weighted by atomic mass is 10.1. The Morgan fingerprint density at radius 1 is 1.53 bits per heavy atom. The summed E-state index contributed by atoms with van der Waals surface area (Å²) in [5.41, 5.74) is 0.499. The van der Waals surface area contributed by atoms with Gasteiger partial charge in [0.05, 0.1) is 13.5 Å². The first kappa shape index (κ1) is 11.2. The summed E-state index contributed by atoms with van der Waals surface area (Å²) in [7, 11) is 1.27. The summed E-state index contributed by atoms with van der Waals surface area (Å²) in [5.74, 6) is 0.0271. The fourth-order valence-electron chi connectivity index (χ4n) is 1.47. The average Bonchev–Trinajstić information content (AvgIpc) is 2.74. The zero-order valence-electron chi connectivity index (χ0n) is 8.91. The van der Waals surface area contributed by atoms with Crippen LogP contribution in [0.25, 0.3) is 0 Å². The van der Waals surface area contributed by atoms with E-state index in [0.29, 0.717) is 5.56 Å². The van der Waals surface area contributed by atoms with Crippen molar-refractivity contribution in [2.45, 2.75) is 12.8 Å². The molecule has 1 aromatic carbocycles. The molecule has 1 aromatic rings. The topological polar surface area (TPSA) is 87.9 Å². The Morgan fingerprint density at radius 3 is 2.94 bits per heavy atom. The molecule has 90 valence electrons. The number of methoxy groups -OCH3 is 1. The second-order valence-corrected chi connectivity index (χ2v) is 3.33. The van der Waals surface area contributed by atoms with Crippen LogP contribution in [0.5, 0.6) is 11.5 Å². The number of carbonyl (C=O) groups is 1. The zero-order chi connectivity index (χ0) is 12.4. The normalized spacial score (nSPS) is 16.6. The van der Waals surface area contributed by atoms with Crippen LogP contribution in [0.3, 0.4) is 0 Å². The maximum absolute atomic E-state index is 11.1. The molecule has 0 aromatic heterocycles. The van der Waals surface area contributed by atoms with Gasteiger partial charge in [0, 0.05) is 5.56 Å². The molecule has 0 fully saturated rings. The zero-order valence-corrected chi connectivity index (χ0v) is 8.91. The van der Waals surface area contributed by atoms with Crippen molar-refractivity contribution in [1.82, 2.24) is 0 Å². The van der Waals surface area contributed by atoms with Gasteiger partial charge in [0.25, 0.3) is 0 Å². The number of carbonyl (C=O) groups excluding carboxylic acids is 1. The second-order valence-electron chi connectivity index (χ2n) is 3.33. The highest BCUT2D eigenvalue weighted by Crippen LogP contribution is 2.38. The van der Waals surface area contributed by atoms with Gasteiger partial charge < -0.3 is 14.2 Å². The molecular weight excluding hydrogens is 230 g/mol. The fraction of sp³-hybridized carbons (Fsp3) is 0.300. The summed E-state index contributed by atoms with van der Waals surface area (Å²) in [6, 6.07) is 4.80. The Hall–Kier alpha value is -2.31. The van der Waals surface area contributed by atoms with Gasteiger partial charge in [-0.1, -0.05) is 12.1 Å². The summed E-state index contributed by atoms with van der Waals surface area (Å²) < 4.78 is 14.5. The molecule has 1 aliphatic rings. The molecule has 0 N–H and O–H groups in total. The summed E-state index contributed by atoms with van der Waals surface area (Å²) in [6.45, 7) is 0.